The summed E-state index contributed by atoms with van der Waals surface area (Å²) < 4.78 is 0. The fraction of sp³-hybridized carbons (Fsp3) is 0.154. The van der Waals surface area contributed by atoms with Gasteiger partial charge in [-0.25, -0.2) is 0 Å². The minimum atomic E-state index is -0.757. The van der Waals surface area contributed by atoms with Crippen molar-refractivity contribution < 1.29 is 9.90 Å². The Kier molecular flexibility index (Phi) is 2.68. The van der Waals surface area contributed by atoms with Crippen molar-refractivity contribution in [3.05, 3.63) is 48.0 Å². The Hall–Kier alpha value is -1.83. The molecule has 0 saturated carbocycles. The Labute approximate surface area is 88.2 Å². The highest BCUT2D eigenvalue weighted by Crippen LogP contribution is 2.19. The topological polar surface area (TPSA) is 37.3 Å². The number of aliphatic carboxylic acids is 1. The van der Waals surface area contributed by atoms with Gasteiger partial charge in [0.15, 0.2) is 0 Å². The number of hydrogen-bond donors (Lipinski definition) is 1. The molecule has 2 nitrogen and oxygen atoms in total. The molecule has 2 aromatic rings. The van der Waals surface area contributed by atoms with Crippen LogP contribution in [0.4, 0.5) is 0 Å². The zero-order valence-electron chi connectivity index (χ0n) is 8.23. The summed E-state index contributed by atoms with van der Waals surface area (Å²) in [6.45, 7) is 0. The van der Waals surface area contributed by atoms with E-state index in [4.69, 9.17) is 5.11 Å². The van der Waals surface area contributed by atoms with Crippen molar-refractivity contribution in [2.45, 2.75) is 12.8 Å². The summed E-state index contributed by atoms with van der Waals surface area (Å²) in [5, 5.41) is 10.8. The lowest BCUT2D eigenvalue weighted by atomic mass is 10.0. The third-order valence-corrected chi connectivity index (χ3v) is 2.40. The minimum absolute atomic E-state index is 0.175. The van der Waals surface area contributed by atoms with E-state index in [0.29, 0.717) is 6.42 Å². The van der Waals surface area contributed by atoms with Crippen molar-refractivity contribution in [2.75, 3.05) is 0 Å². The van der Waals surface area contributed by atoms with Crippen LogP contribution in [0.25, 0.3) is 10.8 Å². The van der Waals surface area contributed by atoms with Crippen molar-refractivity contribution in [1.82, 2.24) is 0 Å². The molecule has 1 radical (unpaired) electrons. The summed E-state index contributed by atoms with van der Waals surface area (Å²) in [6.07, 6.45) is 0.749. The van der Waals surface area contributed by atoms with Gasteiger partial charge in [-0.15, -0.1) is 0 Å². The molecule has 0 aliphatic rings. The van der Waals surface area contributed by atoms with E-state index in [2.05, 4.69) is 6.07 Å². The number of benzene rings is 2. The Balaban J connectivity index is 2.38. The van der Waals surface area contributed by atoms with Gasteiger partial charge in [-0.2, -0.15) is 0 Å². The van der Waals surface area contributed by atoms with Crippen LogP contribution in [0, 0.1) is 6.07 Å². The van der Waals surface area contributed by atoms with E-state index >= 15 is 0 Å². The van der Waals surface area contributed by atoms with Crippen molar-refractivity contribution in [3.63, 3.8) is 0 Å². The van der Waals surface area contributed by atoms with Crippen LogP contribution >= 0.6 is 0 Å². The lowest BCUT2D eigenvalue weighted by Crippen LogP contribution is -1.97. The van der Waals surface area contributed by atoms with Crippen LogP contribution in [-0.4, -0.2) is 11.1 Å². The van der Waals surface area contributed by atoms with Gasteiger partial charge in [-0.05, 0) is 28.8 Å². The molecule has 2 rings (SSSR count). The number of carboxylic acids is 1. The molecule has 0 atom stereocenters. The second kappa shape index (κ2) is 4.13. The summed E-state index contributed by atoms with van der Waals surface area (Å²) >= 11 is 0. The number of aryl methyl sites for hydroxylation is 1. The third-order valence-electron chi connectivity index (χ3n) is 2.40. The average molecular weight is 199 g/mol. The fourth-order valence-corrected chi connectivity index (χ4v) is 1.68. The van der Waals surface area contributed by atoms with Crippen LogP contribution in [0.15, 0.2) is 36.4 Å². The molecule has 0 amide bonds. The molecule has 1 N–H and O–H groups in total. The Morgan fingerprint density at radius 1 is 1.27 bits per heavy atom. The monoisotopic (exact) mass is 199 g/mol. The number of hydrogen-bond acceptors (Lipinski definition) is 1. The summed E-state index contributed by atoms with van der Waals surface area (Å²) in [4.78, 5) is 10.5. The second-order valence-corrected chi connectivity index (χ2v) is 3.44. The van der Waals surface area contributed by atoms with E-state index in [1.165, 1.54) is 0 Å². The molecule has 0 bridgehead atoms. The maximum atomic E-state index is 10.5. The summed E-state index contributed by atoms with van der Waals surface area (Å²) in [7, 11) is 0. The summed E-state index contributed by atoms with van der Waals surface area (Å²) in [5.41, 5.74) is 1.08. The van der Waals surface area contributed by atoms with Gasteiger partial charge < -0.3 is 5.11 Å². The molecular formula is C13H11O2. The number of fused-ring (bicyclic) bond motifs is 1. The summed E-state index contributed by atoms with van der Waals surface area (Å²) in [5.74, 6) is -0.757. The molecule has 0 heterocycles. The first-order chi connectivity index (χ1) is 7.27. The molecule has 15 heavy (non-hydrogen) atoms. The minimum Gasteiger partial charge on any atom is -0.481 e. The van der Waals surface area contributed by atoms with Crippen LogP contribution < -0.4 is 0 Å². The van der Waals surface area contributed by atoms with Gasteiger partial charge in [-0.1, -0.05) is 36.4 Å². The maximum Gasteiger partial charge on any atom is 0.303 e. The molecule has 0 aliphatic carbocycles. The molecule has 0 saturated heterocycles. The third kappa shape index (κ3) is 2.15. The van der Waals surface area contributed by atoms with Crippen molar-refractivity contribution in [3.8, 4) is 0 Å². The highest BCUT2D eigenvalue weighted by Gasteiger charge is 2.02. The molecule has 2 heteroatoms. The smallest absolute Gasteiger partial charge is 0.303 e. The first kappa shape index (κ1) is 9.71. The lowest BCUT2D eigenvalue weighted by Gasteiger charge is -2.04. The van der Waals surface area contributed by atoms with E-state index in [1.54, 1.807) is 0 Å². The van der Waals surface area contributed by atoms with E-state index in [0.717, 1.165) is 16.3 Å². The Morgan fingerprint density at radius 2 is 2.13 bits per heavy atom. The molecule has 0 spiro atoms. The van der Waals surface area contributed by atoms with Crippen LogP contribution in [0.5, 0.6) is 0 Å². The van der Waals surface area contributed by atoms with Gasteiger partial charge in [0.1, 0.15) is 0 Å². The van der Waals surface area contributed by atoms with Crippen molar-refractivity contribution in [1.29, 1.82) is 0 Å². The van der Waals surface area contributed by atoms with Crippen LogP contribution in [0.2, 0.25) is 0 Å². The van der Waals surface area contributed by atoms with Crippen LogP contribution in [0.1, 0.15) is 12.0 Å². The fourth-order valence-electron chi connectivity index (χ4n) is 1.68. The normalized spacial score (nSPS) is 10.4. The molecule has 0 aromatic heterocycles. The lowest BCUT2D eigenvalue weighted by molar-refractivity contribution is -0.136. The molecule has 2 aromatic carbocycles. The first-order valence-electron chi connectivity index (χ1n) is 4.87. The number of carbonyl (C=O) groups is 1. The Morgan fingerprint density at radius 3 is 2.93 bits per heavy atom. The van der Waals surface area contributed by atoms with Crippen LogP contribution in [-0.2, 0) is 11.2 Å². The molecule has 0 unspecified atom stereocenters. The molecule has 0 fully saturated rings. The van der Waals surface area contributed by atoms with E-state index < -0.39 is 5.97 Å². The second-order valence-electron chi connectivity index (χ2n) is 3.44. The molecule has 75 valence electrons. The maximum absolute atomic E-state index is 10.5. The van der Waals surface area contributed by atoms with Gasteiger partial charge in [0.25, 0.3) is 0 Å². The predicted octanol–water partition coefficient (Wildman–Crippen LogP) is 2.66. The number of rotatable bonds is 3. The highest BCUT2D eigenvalue weighted by molar-refractivity contribution is 5.85. The van der Waals surface area contributed by atoms with Gasteiger partial charge in [-0.3, -0.25) is 4.79 Å². The standard InChI is InChI=1S/C13H11O2/c14-13(15)9-8-11-6-3-5-10-4-1-2-7-12(10)11/h1-3,5-7H,8-9H2,(H,14,15). The zero-order chi connectivity index (χ0) is 10.7. The Bertz CT molecular complexity index is 483. The highest BCUT2D eigenvalue weighted by atomic mass is 16.4. The van der Waals surface area contributed by atoms with E-state index in [9.17, 15) is 4.79 Å². The number of carboxylic acid groups (broad SMARTS) is 1. The average Bonchev–Trinajstić information content (AvgIpc) is 2.26. The van der Waals surface area contributed by atoms with Crippen LogP contribution in [0.3, 0.4) is 0 Å². The predicted molar refractivity (Wildman–Crippen MR) is 58.7 cm³/mol. The van der Waals surface area contributed by atoms with Gasteiger partial charge in [0, 0.05) is 6.42 Å². The quantitative estimate of drug-likeness (QED) is 0.825. The zero-order valence-corrected chi connectivity index (χ0v) is 8.23. The van der Waals surface area contributed by atoms with E-state index in [-0.39, 0.29) is 6.42 Å². The van der Waals surface area contributed by atoms with Crippen molar-refractivity contribution >= 4 is 16.7 Å². The summed E-state index contributed by atoms with van der Waals surface area (Å²) in [6, 6.07) is 14.8. The molecular weight excluding hydrogens is 188 g/mol. The van der Waals surface area contributed by atoms with Gasteiger partial charge >= 0.3 is 5.97 Å². The van der Waals surface area contributed by atoms with E-state index in [1.807, 2.05) is 36.4 Å². The largest absolute Gasteiger partial charge is 0.481 e. The van der Waals surface area contributed by atoms with Gasteiger partial charge in [0.05, 0.1) is 0 Å². The SMILES string of the molecule is O=C(O)CCc1cccc2[c]cccc12. The molecule has 0 aliphatic heterocycles. The van der Waals surface area contributed by atoms with Gasteiger partial charge in [0.2, 0.25) is 0 Å². The first-order valence-corrected chi connectivity index (χ1v) is 4.87. The van der Waals surface area contributed by atoms with Crippen molar-refractivity contribution in [2.24, 2.45) is 0 Å².